The van der Waals surface area contributed by atoms with Crippen LogP contribution in [0.5, 0.6) is 0 Å². The summed E-state index contributed by atoms with van der Waals surface area (Å²) < 4.78 is 10.7. The van der Waals surface area contributed by atoms with E-state index in [1.807, 2.05) is 6.92 Å². The highest BCUT2D eigenvalue weighted by Crippen LogP contribution is 2.29. The number of ether oxygens (including phenoxy) is 1. The topological polar surface area (TPSA) is 107 Å². The molecule has 3 rings (SSSR count). The highest BCUT2D eigenvalue weighted by atomic mass is 32.2. The molecule has 0 bridgehead atoms. The Morgan fingerprint density at radius 2 is 2.19 bits per heavy atom. The fourth-order valence-electron chi connectivity index (χ4n) is 1.91. The number of hydrogen-bond acceptors (Lipinski definition) is 10. The van der Waals surface area contributed by atoms with Crippen molar-refractivity contribution < 1.29 is 18.7 Å². The molecule has 11 heteroatoms. The van der Waals surface area contributed by atoms with Crippen molar-refractivity contribution in [1.82, 2.24) is 15.2 Å². The summed E-state index contributed by atoms with van der Waals surface area (Å²) in [5.74, 6) is 0.0795. The van der Waals surface area contributed by atoms with Gasteiger partial charge in [0.15, 0.2) is 15.1 Å². The van der Waals surface area contributed by atoms with Crippen molar-refractivity contribution in [3.8, 4) is 10.8 Å². The number of carbonyl (C=O) groups is 2. The van der Waals surface area contributed by atoms with E-state index in [0.29, 0.717) is 32.5 Å². The third kappa shape index (κ3) is 4.48. The van der Waals surface area contributed by atoms with E-state index in [-0.39, 0.29) is 17.6 Å². The molecule has 0 radical (unpaired) electrons. The first-order valence-electron chi connectivity index (χ1n) is 7.51. The Morgan fingerprint density at radius 1 is 1.35 bits per heavy atom. The Hall–Kier alpha value is -2.24. The first-order chi connectivity index (χ1) is 12.6. The number of thioether (sulfide) groups is 1. The summed E-state index contributed by atoms with van der Waals surface area (Å²) in [6, 6.07) is 3.56. The van der Waals surface area contributed by atoms with Gasteiger partial charge in [-0.3, -0.25) is 14.9 Å². The average molecular weight is 411 g/mol. The molecule has 26 heavy (non-hydrogen) atoms. The third-order valence-electron chi connectivity index (χ3n) is 2.99. The molecule has 0 fully saturated rings. The number of nitrogens with one attached hydrogen (secondary N) is 1. The molecule has 1 amide bonds. The van der Waals surface area contributed by atoms with Crippen LogP contribution in [0, 0.1) is 6.92 Å². The Bertz CT molecular complexity index is 904. The maximum Gasteiger partial charge on any atom is 0.316 e. The second-order valence-corrected chi connectivity index (χ2v) is 8.23. The van der Waals surface area contributed by atoms with Gasteiger partial charge >= 0.3 is 5.97 Å². The largest absolute Gasteiger partial charge is 0.465 e. The van der Waals surface area contributed by atoms with Gasteiger partial charge in [-0.15, -0.1) is 21.5 Å². The number of esters is 1. The van der Waals surface area contributed by atoms with Crippen LogP contribution in [-0.4, -0.2) is 39.4 Å². The van der Waals surface area contributed by atoms with Crippen molar-refractivity contribution in [1.29, 1.82) is 0 Å². The number of aryl methyl sites for hydroxylation is 1. The van der Waals surface area contributed by atoms with E-state index in [1.54, 1.807) is 25.3 Å². The van der Waals surface area contributed by atoms with Crippen LogP contribution in [0.25, 0.3) is 10.8 Å². The van der Waals surface area contributed by atoms with Crippen molar-refractivity contribution in [3.63, 3.8) is 0 Å². The van der Waals surface area contributed by atoms with Gasteiger partial charge in [0.25, 0.3) is 5.91 Å². The lowest BCUT2D eigenvalue weighted by Gasteiger charge is -1.98. The van der Waals surface area contributed by atoms with Crippen molar-refractivity contribution in [2.45, 2.75) is 18.2 Å². The molecule has 0 unspecified atom stereocenters. The molecule has 0 aliphatic rings. The smallest absolute Gasteiger partial charge is 0.316 e. The Morgan fingerprint density at radius 3 is 2.92 bits per heavy atom. The molecule has 0 spiro atoms. The average Bonchev–Trinajstić information content (AvgIpc) is 3.33. The summed E-state index contributed by atoms with van der Waals surface area (Å²) in [5, 5.41) is 11.5. The highest BCUT2D eigenvalue weighted by molar-refractivity contribution is 8.01. The van der Waals surface area contributed by atoms with Crippen LogP contribution in [0.15, 0.2) is 27.2 Å². The maximum atomic E-state index is 12.4. The summed E-state index contributed by atoms with van der Waals surface area (Å²) in [6.45, 7) is 3.91. The molecule has 0 aliphatic heterocycles. The predicted molar refractivity (Wildman–Crippen MR) is 99.8 cm³/mol. The van der Waals surface area contributed by atoms with Gasteiger partial charge in [-0.25, -0.2) is 4.98 Å². The Kier molecular flexibility index (Phi) is 6.01. The second kappa shape index (κ2) is 8.43. The van der Waals surface area contributed by atoms with Crippen LogP contribution >= 0.6 is 34.4 Å². The standard InChI is InChI=1S/C15H14N4O4S3/c1-3-22-10(20)7-24-15-19-18-14(26-15)17-12(21)11-8(2)25-13(16-11)9-5-4-6-23-9/h4-6H,3,7H2,1-2H3,(H,17,18,21). The van der Waals surface area contributed by atoms with Crippen LogP contribution in [-0.2, 0) is 9.53 Å². The zero-order valence-corrected chi connectivity index (χ0v) is 16.3. The normalized spacial score (nSPS) is 10.7. The molecule has 3 aromatic heterocycles. The van der Waals surface area contributed by atoms with Crippen molar-refractivity contribution in [3.05, 3.63) is 29.0 Å². The van der Waals surface area contributed by atoms with Gasteiger partial charge in [0, 0.05) is 4.88 Å². The number of thiazole rings is 1. The van der Waals surface area contributed by atoms with E-state index in [2.05, 4.69) is 20.5 Å². The number of amides is 1. The van der Waals surface area contributed by atoms with Gasteiger partial charge < -0.3 is 9.15 Å². The molecule has 136 valence electrons. The summed E-state index contributed by atoms with van der Waals surface area (Å²) >= 11 is 3.77. The summed E-state index contributed by atoms with van der Waals surface area (Å²) in [6.07, 6.45) is 1.56. The van der Waals surface area contributed by atoms with Gasteiger partial charge in [0.1, 0.15) is 5.69 Å². The van der Waals surface area contributed by atoms with Crippen LogP contribution in [0.3, 0.4) is 0 Å². The molecule has 8 nitrogen and oxygen atoms in total. The molecule has 0 saturated heterocycles. The minimum absolute atomic E-state index is 0.147. The summed E-state index contributed by atoms with van der Waals surface area (Å²) in [4.78, 5) is 28.9. The number of aromatic nitrogens is 3. The minimum atomic E-state index is -0.366. The third-order valence-corrected chi connectivity index (χ3v) is 5.92. The van der Waals surface area contributed by atoms with Gasteiger partial charge in [0.2, 0.25) is 5.13 Å². The van der Waals surface area contributed by atoms with Crippen molar-refractivity contribution in [2.24, 2.45) is 0 Å². The fraction of sp³-hybridized carbons (Fsp3) is 0.267. The van der Waals surface area contributed by atoms with Crippen LogP contribution in [0.4, 0.5) is 5.13 Å². The molecule has 0 aliphatic carbocycles. The van der Waals surface area contributed by atoms with Crippen LogP contribution in [0.1, 0.15) is 22.3 Å². The van der Waals surface area contributed by atoms with Gasteiger partial charge in [-0.1, -0.05) is 23.1 Å². The van der Waals surface area contributed by atoms with Crippen LogP contribution in [0.2, 0.25) is 0 Å². The molecule has 0 aromatic carbocycles. The quantitative estimate of drug-likeness (QED) is 0.358. The van der Waals surface area contributed by atoms with E-state index in [9.17, 15) is 9.59 Å². The maximum absolute atomic E-state index is 12.4. The van der Waals surface area contributed by atoms with Gasteiger partial charge in [0.05, 0.1) is 18.6 Å². The Labute approximate surface area is 161 Å². The van der Waals surface area contributed by atoms with Gasteiger partial charge in [-0.2, -0.15) is 0 Å². The SMILES string of the molecule is CCOC(=O)CSc1nnc(NC(=O)c2nc(-c3ccco3)sc2C)s1. The number of nitrogens with zero attached hydrogens (tertiary/aromatic N) is 3. The fourth-order valence-corrected chi connectivity index (χ4v) is 4.33. The molecule has 3 heterocycles. The second-order valence-electron chi connectivity index (χ2n) is 4.82. The molecule has 1 N–H and O–H groups in total. The predicted octanol–water partition coefficient (Wildman–Crippen LogP) is 3.47. The Balaban J connectivity index is 1.63. The lowest BCUT2D eigenvalue weighted by molar-refractivity contribution is -0.139. The minimum Gasteiger partial charge on any atom is -0.465 e. The highest BCUT2D eigenvalue weighted by Gasteiger charge is 2.19. The summed E-state index contributed by atoms with van der Waals surface area (Å²) in [7, 11) is 0. The van der Waals surface area contributed by atoms with Crippen molar-refractivity contribution >= 4 is 51.4 Å². The van der Waals surface area contributed by atoms with E-state index >= 15 is 0 Å². The molecule has 0 saturated carbocycles. The molecular weight excluding hydrogens is 396 g/mol. The van der Waals surface area contributed by atoms with E-state index in [4.69, 9.17) is 9.15 Å². The zero-order valence-electron chi connectivity index (χ0n) is 13.8. The van der Waals surface area contributed by atoms with E-state index < -0.39 is 0 Å². The molecule has 0 atom stereocenters. The number of anilines is 1. The van der Waals surface area contributed by atoms with E-state index in [0.717, 1.165) is 4.88 Å². The number of rotatable bonds is 7. The van der Waals surface area contributed by atoms with Gasteiger partial charge in [-0.05, 0) is 26.0 Å². The van der Waals surface area contributed by atoms with Crippen LogP contribution < -0.4 is 5.32 Å². The number of furan rings is 1. The van der Waals surface area contributed by atoms with E-state index in [1.165, 1.54) is 34.4 Å². The van der Waals surface area contributed by atoms with Crippen molar-refractivity contribution in [2.75, 3.05) is 17.7 Å². The zero-order chi connectivity index (χ0) is 18.5. The summed E-state index contributed by atoms with van der Waals surface area (Å²) in [5.41, 5.74) is 0.317. The lowest BCUT2D eigenvalue weighted by Crippen LogP contribution is -2.13. The molecular formula is C15H14N4O4S3. The monoisotopic (exact) mass is 410 g/mol. The molecule has 3 aromatic rings. The number of hydrogen-bond donors (Lipinski definition) is 1. The lowest BCUT2D eigenvalue weighted by atomic mass is 10.3. The first kappa shape index (κ1) is 18.5. The first-order valence-corrected chi connectivity index (χ1v) is 10.1. The number of carbonyl (C=O) groups excluding carboxylic acids is 2.